The molecule has 0 aliphatic carbocycles. The van der Waals surface area contributed by atoms with Crippen LogP contribution in [-0.2, 0) is 0 Å². The summed E-state index contributed by atoms with van der Waals surface area (Å²) < 4.78 is 2.83. The molecular formula is C26H18N4Se2. The van der Waals surface area contributed by atoms with Gasteiger partial charge in [0.15, 0.2) is 0 Å². The van der Waals surface area contributed by atoms with Crippen LogP contribution in [0.3, 0.4) is 0 Å². The Bertz CT molecular complexity index is 1330. The number of nitrogens with zero attached hydrogens (tertiary/aromatic N) is 2. The van der Waals surface area contributed by atoms with Crippen molar-refractivity contribution in [2.45, 2.75) is 0 Å². The maximum atomic E-state index is 4.70. The van der Waals surface area contributed by atoms with Crippen molar-refractivity contribution >= 4 is 57.3 Å². The molecule has 154 valence electrons. The third kappa shape index (κ3) is 3.90. The monoisotopic (exact) mass is 546 g/mol. The number of aromatic amines is 2. The molecule has 6 aromatic rings. The zero-order valence-electron chi connectivity index (χ0n) is 16.9. The van der Waals surface area contributed by atoms with Gasteiger partial charge >= 0.3 is 197 Å². The van der Waals surface area contributed by atoms with E-state index in [-0.39, 0.29) is 0 Å². The zero-order valence-corrected chi connectivity index (χ0v) is 20.4. The van der Waals surface area contributed by atoms with Gasteiger partial charge < -0.3 is 0 Å². The van der Waals surface area contributed by atoms with Crippen LogP contribution < -0.4 is 8.92 Å². The molecule has 0 bridgehead atoms. The average molecular weight is 544 g/mol. The normalized spacial score (nSPS) is 11.4. The minimum absolute atomic E-state index is 0.445. The Morgan fingerprint density at radius 2 is 0.875 bits per heavy atom. The number of imidazole rings is 2. The van der Waals surface area contributed by atoms with Gasteiger partial charge in [-0.1, -0.05) is 0 Å². The summed E-state index contributed by atoms with van der Waals surface area (Å²) in [4.78, 5) is 16.2. The van der Waals surface area contributed by atoms with Crippen LogP contribution in [0.1, 0.15) is 0 Å². The van der Waals surface area contributed by atoms with Crippen molar-refractivity contribution in [3.63, 3.8) is 0 Å². The fourth-order valence-electron chi connectivity index (χ4n) is 3.61. The Kier molecular flexibility index (Phi) is 5.14. The maximum absolute atomic E-state index is 4.70. The van der Waals surface area contributed by atoms with Crippen molar-refractivity contribution in [2.24, 2.45) is 0 Å². The summed E-state index contributed by atoms with van der Waals surface area (Å²) in [5.41, 5.74) is 6.41. The number of aromatic nitrogens is 4. The quantitative estimate of drug-likeness (QED) is 0.322. The zero-order chi connectivity index (χ0) is 21.3. The third-order valence-electron chi connectivity index (χ3n) is 5.27. The number of nitrogens with one attached hydrogen (secondary N) is 2. The van der Waals surface area contributed by atoms with Crippen molar-refractivity contribution in [2.75, 3.05) is 0 Å². The van der Waals surface area contributed by atoms with Crippen molar-refractivity contribution in [3.8, 4) is 22.8 Å². The van der Waals surface area contributed by atoms with E-state index >= 15 is 0 Å². The summed E-state index contributed by atoms with van der Waals surface area (Å²) in [6, 6.07) is 34.0. The molecule has 0 radical (unpaired) electrons. The van der Waals surface area contributed by atoms with E-state index in [1.54, 1.807) is 0 Å². The second-order valence-electron chi connectivity index (χ2n) is 7.42. The number of H-pyrrole nitrogens is 2. The molecule has 0 unspecified atom stereocenters. The summed E-state index contributed by atoms with van der Waals surface area (Å²) in [7, 11) is 0. The molecule has 0 amide bonds. The first-order valence-corrected chi connectivity index (χ1v) is 16.3. The van der Waals surface area contributed by atoms with E-state index in [1.807, 2.05) is 36.4 Å². The molecule has 0 saturated carbocycles. The SMILES string of the molecule is c1ccc2[nH]c(-c3ccc([Se][Se]c4ccc(-c5nc6ccccc6[nH]5)cc4)cc3)nc2c1. The van der Waals surface area contributed by atoms with Gasteiger partial charge in [0, 0.05) is 0 Å². The molecule has 0 aliphatic heterocycles. The molecular weight excluding hydrogens is 526 g/mol. The average Bonchev–Trinajstić information content (AvgIpc) is 3.48. The van der Waals surface area contributed by atoms with Gasteiger partial charge in [-0.25, -0.2) is 0 Å². The van der Waals surface area contributed by atoms with Gasteiger partial charge in [-0.15, -0.1) is 0 Å². The minimum atomic E-state index is 0.445. The molecule has 2 heterocycles. The van der Waals surface area contributed by atoms with E-state index in [4.69, 9.17) is 9.97 Å². The fraction of sp³-hybridized carbons (Fsp3) is 0. The summed E-state index contributed by atoms with van der Waals surface area (Å²) in [6.07, 6.45) is 0. The van der Waals surface area contributed by atoms with Crippen molar-refractivity contribution in [3.05, 3.63) is 97.1 Å². The van der Waals surface area contributed by atoms with Crippen LogP contribution in [0.5, 0.6) is 0 Å². The van der Waals surface area contributed by atoms with E-state index in [0.29, 0.717) is 26.3 Å². The van der Waals surface area contributed by atoms with E-state index in [0.717, 1.165) is 44.8 Å². The Labute approximate surface area is 196 Å². The van der Waals surface area contributed by atoms with Crippen LogP contribution >= 0.6 is 0 Å². The third-order valence-corrected chi connectivity index (χ3v) is 12.5. The van der Waals surface area contributed by atoms with Crippen LogP contribution in [0.2, 0.25) is 0 Å². The van der Waals surface area contributed by atoms with Crippen LogP contribution in [0.4, 0.5) is 0 Å². The van der Waals surface area contributed by atoms with Crippen LogP contribution in [0, 0.1) is 0 Å². The summed E-state index contributed by atoms with van der Waals surface area (Å²) in [5.74, 6) is 1.86. The van der Waals surface area contributed by atoms with Crippen LogP contribution in [0.25, 0.3) is 44.8 Å². The van der Waals surface area contributed by atoms with Crippen molar-refractivity contribution in [1.82, 2.24) is 19.9 Å². The molecule has 4 aromatic carbocycles. The Balaban J connectivity index is 1.13. The molecule has 0 fully saturated rings. The molecule has 0 atom stereocenters. The number of hydrogen-bond donors (Lipinski definition) is 2. The number of benzene rings is 4. The molecule has 0 saturated heterocycles. The number of para-hydroxylation sites is 4. The molecule has 0 spiro atoms. The summed E-state index contributed by atoms with van der Waals surface area (Å²) in [5, 5.41) is 0. The van der Waals surface area contributed by atoms with Gasteiger partial charge in [0.2, 0.25) is 0 Å². The fourth-order valence-corrected chi connectivity index (χ4v) is 9.57. The first kappa shape index (κ1) is 19.5. The molecule has 2 N–H and O–H groups in total. The van der Waals surface area contributed by atoms with E-state index in [2.05, 4.69) is 70.6 Å². The summed E-state index contributed by atoms with van der Waals surface area (Å²) in [6.45, 7) is 0. The Morgan fingerprint density at radius 1 is 0.469 bits per heavy atom. The van der Waals surface area contributed by atoms with Gasteiger partial charge in [0.05, 0.1) is 0 Å². The number of rotatable bonds is 5. The second kappa shape index (κ2) is 8.42. The topological polar surface area (TPSA) is 57.4 Å². The first-order valence-electron chi connectivity index (χ1n) is 10.3. The Hall–Kier alpha value is -3.14. The Morgan fingerprint density at radius 3 is 1.28 bits per heavy atom. The standard InChI is InChI=1S/C26H18N4Se2/c1-2-6-22-21(5-1)27-25(28-22)17-9-13-19(14-10-17)31-32-20-15-11-18(12-16-20)26-29-23-7-3-4-8-24(23)30-26/h1-16H,(H,27,28)(H,29,30). The second-order valence-corrected chi connectivity index (χ2v) is 13.7. The molecule has 2 aromatic heterocycles. The first-order chi connectivity index (χ1) is 15.8. The van der Waals surface area contributed by atoms with Gasteiger partial charge in [-0.2, -0.15) is 0 Å². The predicted molar refractivity (Wildman–Crippen MR) is 134 cm³/mol. The van der Waals surface area contributed by atoms with Crippen molar-refractivity contribution in [1.29, 1.82) is 0 Å². The van der Waals surface area contributed by atoms with Crippen molar-refractivity contribution < 1.29 is 0 Å². The summed E-state index contributed by atoms with van der Waals surface area (Å²) >= 11 is 0.889. The predicted octanol–water partition coefficient (Wildman–Crippen LogP) is 4.05. The number of hydrogen-bond acceptors (Lipinski definition) is 2. The molecule has 6 rings (SSSR count). The van der Waals surface area contributed by atoms with Gasteiger partial charge in [-0.05, 0) is 0 Å². The van der Waals surface area contributed by atoms with Gasteiger partial charge in [0.25, 0.3) is 0 Å². The molecule has 4 nitrogen and oxygen atoms in total. The van der Waals surface area contributed by atoms with E-state index in [1.165, 1.54) is 8.92 Å². The molecule has 0 aliphatic rings. The van der Waals surface area contributed by atoms with Crippen LogP contribution in [-0.4, -0.2) is 46.2 Å². The van der Waals surface area contributed by atoms with Gasteiger partial charge in [0.1, 0.15) is 0 Å². The molecule has 6 heteroatoms. The van der Waals surface area contributed by atoms with Gasteiger partial charge in [-0.3, -0.25) is 0 Å². The van der Waals surface area contributed by atoms with E-state index < -0.39 is 0 Å². The molecule has 32 heavy (non-hydrogen) atoms. The number of fused-ring (bicyclic) bond motifs is 2. The van der Waals surface area contributed by atoms with Crippen LogP contribution in [0.15, 0.2) is 97.1 Å². The van der Waals surface area contributed by atoms with E-state index in [9.17, 15) is 0 Å².